The Kier molecular flexibility index (Phi) is 465. The first kappa shape index (κ1) is 71.4. The molecule has 0 saturated carbocycles. The van der Waals surface area contributed by atoms with E-state index >= 15 is 0 Å². The van der Waals surface area contributed by atoms with E-state index < -0.39 is 0 Å². The van der Waals surface area contributed by atoms with Crippen molar-refractivity contribution < 1.29 is 240 Å². The van der Waals surface area contributed by atoms with Crippen LogP contribution in [0.2, 0.25) is 0 Å². The van der Waals surface area contributed by atoms with Crippen molar-refractivity contribution in [2.45, 2.75) is 0 Å². The Labute approximate surface area is 232 Å². The smallest absolute Gasteiger partial charge is 2.00 e. The molecular formula is O3Sm2Tb2Y2. The molecule has 0 aromatic carbocycles. The zero-order chi connectivity index (χ0) is 0. The monoisotopic (exact) mass is 847 g/mol. The summed E-state index contributed by atoms with van der Waals surface area (Å²) in [4.78, 5) is 0. The summed E-state index contributed by atoms with van der Waals surface area (Å²) in [7, 11) is 0. The third-order valence-electron chi connectivity index (χ3n) is 0. The molecular weight excluding hydrogens is 844 g/mol. The second-order valence-electron chi connectivity index (χ2n) is 0. The van der Waals surface area contributed by atoms with Crippen LogP contribution in [0.25, 0.3) is 0 Å². The third-order valence-corrected chi connectivity index (χ3v) is 0. The molecule has 0 aromatic rings. The van der Waals surface area contributed by atoms with Crippen LogP contribution in [-0.4, -0.2) is 0 Å². The van der Waals surface area contributed by atoms with Crippen LogP contribution in [0.3, 0.4) is 0 Å². The van der Waals surface area contributed by atoms with Crippen LogP contribution >= 0.6 is 0 Å². The maximum absolute atomic E-state index is 0. The molecule has 0 unspecified atom stereocenters. The Bertz CT molecular complexity index is 17.8. The molecule has 0 heterocycles. The van der Waals surface area contributed by atoms with Gasteiger partial charge >= 0.3 is 77.2 Å². The standard InChI is InChI=1S/3O.2Sm.2Tb.2Y/q3*-2;;;2*+3;;. The van der Waals surface area contributed by atoms with Gasteiger partial charge in [-0.2, -0.15) is 0 Å². The zero-order valence-corrected chi connectivity index (χ0v) is 19.1. The Morgan fingerprint density at radius 1 is 0.444 bits per heavy atom. The molecule has 0 aliphatic rings. The predicted molar refractivity (Wildman–Crippen MR) is 2.06 cm³/mol. The first-order valence-electron chi connectivity index (χ1n) is 0. The molecule has 9 heavy (non-hydrogen) atoms. The van der Waals surface area contributed by atoms with Crippen molar-refractivity contribution in [3.63, 3.8) is 0 Å². The van der Waals surface area contributed by atoms with Gasteiger partial charge in [-0.05, 0) is 0 Å². The van der Waals surface area contributed by atoms with Crippen LogP contribution in [-0.2, 0) is 81.8 Å². The molecule has 0 bridgehead atoms. The molecule has 3 nitrogen and oxygen atoms in total. The summed E-state index contributed by atoms with van der Waals surface area (Å²) in [5.74, 6) is 0. The fourth-order valence-corrected chi connectivity index (χ4v) is 0. The zero-order valence-electron chi connectivity index (χ0n) is 3.86. The van der Waals surface area contributed by atoms with Gasteiger partial charge in [-0.1, -0.05) is 0 Å². The maximum atomic E-state index is 0. The molecule has 9 heteroatoms. The number of hydrogen-bond acceptors (Lipinski definition) is 0. The van der Waals surface area contributed by atoms with E-state index in [-0.39, 0.29) is 240 Å². The number of rotatable bonds is 0. The van der Waals surface area contributed by atoms with Crippen LogP contribution in [0.1, 0.15) is 0 Å². The average molecular weight is 844 g/mol. The van der Waals surface area contributed by atoms with Crippen molar-refractivity contribution >= 4 is 0 Å². The van der Waals surface area contributed by atoms with E-state index in [0.717, 1.165) is 0 Å². The van der Waals surface area contributed by atoms with Crippen molar-refractivity contribution in [3.8, 4) is 0 Å². The van der Waals surface area contributed by atoms with Gasteiger partial charge in [0.05, 0.1) is 0 Å². The predicted octanol–water partition coefficient (Wildman–Crippen LogP) is -0.361. The third kappa shape index (κ3) is 50.7. The van der Waals surface area contributed by atoms with Crippen molar-refractivity contribution in [2.24, 2.45) is 0 Å². The van der Waals surface area contributed by atoms with E-state index in [1.165, 1.54) is 0 Å². The van der Waals surface area contributed by atoms with Crippen molar-refractivity contribution in [3.05, 3.63) is 0 Å². The maximum Gasteiger partial charge on any atom is 3.00 e. The van der Waals surface area contributed by atoms with Gasteiger partial charge < -0.3 is 16.4 Å². The second-order valence-corrected chi connectivity index (χ2v) is 0. The van der Waals surface area contributed by atoms with E-state index in [0.29, 0.717) is 0 Å². The van der Waals surface area contributed by atoms with Gasteiger partial charge in [0.1, 0.15) is 0 Å². The Morgan fingerprint density at radius 3 is 0.444 bits per heavy atom. The Balaban J connectivity index is 0. The summed E-state index contributed by atoms with van der Waals surface area (Å²) in [6.45, 7) is 0. The molecule has 0 rings (SSSR count). The summed E-state index contributed by atoms with van der Waals surface area (Å²) < 4.78 is 0. The van der Waals surface area contributed by atoms with E-state index in [4.69, 9.17) is 0 Å². The van der Waals surface area contributed by atoms with Crippen molar-refractivity contribution in [2.75, 3.05) is 0 Å². The molecule has 0 saturated heterocycles. The largest absolute Gasteiger partial charge is 3.00 e. The van der Waals surface area contributed by atoms with Gasteiger partial charge in [-0.25, -0.2) is 0 Å². The summed E-state index contributed by atoms with van der Waals surface area (Å²) in [5.41, 5.74) is 0. The van der Waals surface area contributed by atoms with E-state index in [9.17, 15) is 0 Å². The van der Waals surface area contributed by atoms with Gasteiger partial charge in [0.15, 0.2) is 0 Å². The first-order valence-corrected chi connectivity index (χ1v) is 0. The van der Waals surface area contributed by atoms with Gasteiger partial charge in [-0.3, -0.25) is 0 Å². The quantitative estimate of drug-likeness (QED) is 0.320. The topological polar surface area (TPSA) is 85.5 Å². The molecule has 0 atom stereocenters. The van der Waals surface area contributed by atoms with E-state index in [2.05, 4.69) is 0 Å². The SMILES string of the molecule is [O-2].[O-2].[O-2].[Sm].[Sm].[Tb+3].[Tb+3].[Y].[Y]. The van der Waals surface area contributed by atoms with Crippen LogP contribution in [0.5, 0.6) is 0 Å². The van der Waals surface area contributed by atoms with Gasteiger partial charge in [0.25, 0.3) is 0 Å². The molecule has 0 amide bonds. The normalized spacial score (nSPS) is 0. The molecule has 2 radical (unpaired) electrons. The minimum Gasteiger partial charge on any atom is -2.00 e. The van der Waals surface area contributed by atoms with Crippen LogP contribution in [0.4, 0.5) is 0 Å². The molecule has 0 fully saturated rings. The van der Waals surface area contributed by atoms with Gasteiger partial charge in [0.2, 0.25) is 0 Å². The molecule has 0 spiro atoms. The minimum absolute atomic E-state index is 0. The van der Waals surface area contributed by atoms with Crippen LogP contribution < -0.4 is 0 Å². The Hall–Kier alpha value is 7.33. The molecule has 0 aromatic heterocycles. The average Bonchev–Trinajstić information content (AvgIpc) is 0. The summed E-state index contributed by atoms with van der Waals surface area (Å²) in [6, 6.07) is 0. The molecule has 0 N–H and O–H groups in total. The first-order chi connectivity index (χ1) is 0. The molecule has 0 aliphatic carbocycles. The summed E-state index contributed by atoms with van der Waals surface area (Å²) in [5, 5.41) is 0. The Morgan fingerprint density at radius 2 is 0.444 bits per heavy atom. The van der Waals surface area contributed by atoms with Crippen molar-refractivity contribution in [1.82, 2.24) is 0 Å². The fourth-order valence-electron chi connectivity index (χ4n) is 0. The van der Waals surface area contributed by atoms with Crippen molar-refractivity contribution in [1.29, 1.82) is 0 Å². The molecule has 0 aliphatic heterocycles. The fraction of sp³-hybridized carbons (Fsp3) is 0. The minimum atomic E-state index is 0. The van der Waals surface area contributed by atoms with Crippen LogP contribution in [0.15, 0.2) is 0 Å². The second kappa shape index (κ2) is 58.6. The number of hydrogen-bond donors (Lipinski definition) is 0. The van der Waals surface area contributed by atoms with Gasteiger partial charge in [-0.15, -0.1) is 0 Å². The molecule has 54 valence electrons. The van der Waals surface area contributed by atoms with Gasteiger partial charge in [0, 0.05) is 146 Å². The summed E-state index contributed by atoms with van der Waals surface area (Å²) >= 11 is 0. The van der Waals surface area contributed by atoms with E-state index in [1.807, 2.05) is 0 Å². The van der Waals surface area contributed by atoms with E-state index in [1.54, 1.807) is 0 Å². The van der Waals surface area contributed by atoms with Crippen LogP contribution in [0, 0.1) is 158 Å². The summed E-state index contributed by atoms with van der Waals surface area (Å²) in [6.07, 6.45) is 0.